The molecule has 1 N–H and O–H groups in total. The third-order valence-corrected chi connectivity index (χ3v) is 5.98. The number of fused-ring (bicyclic) bond motifs is 1. The molecular formula is C26H28N2O2. The fourth-order valence-corrected chi connectivity index (χ4v) is 4.19. The Hall–Kier alpha value is -3.14. The largest absolute Gasteiger partial charge is 0.349 e. The van der Waals surface area contributed by atoms with Crippen LogP contribution in [-0.4, -0.2) is 29.8 Å². The fraction of sp³-hybridized carbons (Fsp3) is 0.308. The van der Waals surface area contributed by atoms with Gasteiger partial charge in [0.15, 0.2) is 0 Å². The van der Waals surface area contributed by atoms with E-state index in [0.29, 0.717) is 13.0 Å². The number of rotatable bonds is 5. The lowest BCUT2D eigenvalue weighted by molar-refractivity contribution is -0.135. The zero-order valence-electron chi connectivity index (χ0n) is 17.4. The number of benzene rings is 3. The van der Waals surface area contributed by atoms with Gasteiger partial charge in [-0.25, -0.2) is 0 Å². The van der Waals surface area contributed by atoms with Gasteiger partial charge < -0.3 is 10.2 Å². The van der Waals surface area contributed by atoms with Gasteiger partial charge in [-0.2, -0.15) is 0 Å². The lowest BCUT2D eigenvalue weighted by Gasteiger charge is -2.33. The Labute approximate surface area is 177 Å². The quantitative estimate of drug-likeness (QED) is 0.686. The van der Waals surface area contributed by atoms with E-state index in [0.717, 1.165) is 30.5 Å². The van der Waals surface area contributed by atoms with Gasteiger partial charge in [-0.1, -0.05) is 66.7 Å². The van der Waals surface area contributed by atoms with Crippen LogP contribution in [-0.2, 0) is 16.0 Å². The number of hydrogen-bond donors (Lipinski definition) is 1. The molecule has 1 aliphatic heterocycles. The third-order valence-electron chi connectivity index (χ3n) is 5.98. The van der Waals surface area contributed by atoms with E-state index in [1.807, 2.05) is 54.3 Å². The summed E-state index contributed by atoms with van der Waals surface area (Å²) >= 11 is 0. The lowest BCUT2D eigenvalue weighted by Crippen LogP contribution is -2.46. The van der Waals surface area contributed by atoms with Gasteiger partial charge in [0.1, 0.15) is 0 Å². The summed E-state index contributed by atoms with van der Waals surface area (Å²) in [5.41, 5.74) is 2.11. The van der Waals surface area contributed by atoms with Crippen LogP contribution < -0.4 is 5.32 Å². The zero-order chi connectivity index (χ0) is 20.9. The highest BCUT2D eigenvalue weighted by atomic mass is 16.2. The van der Waals surface area contributed by atoms with E-state index >= 15 is 0 Å². The van der Waals surface area contributed by atoms with Gasteiger partial charge in [-0.3, -0.25) is 9.59 Å². The van der Waals surface area contributed by atoms with E-state index in [1.165, 1.54) is 10.8 Å². The van der Waals surface area contributed by atoms with Crippen molar-refractivity contribution in [2.75, 3.05) is 13.1 Å². The van der Waals surface area contributed by atoms with Crippen molar-refractivity contribution in [3.63, 3.8) is 0 Å². The molecule has 4 rings (SSSR count). The highest BCUT2D eigenvalue weighted by Crippen LogP contribution is 2.22. The lowest BCUT2D eigenvalue weighted by atomic mass is 9.95. The van der Waals surface area contributed by atoms with E-state index in [4.69, 9.17) is 0 Å². The summed E-state index contributed by atoms with van der Waals surface area (Å²) in [6, 6.07) is 24.2. The van der Waals surface area contributed by atoms with Gasteiger partial charge in [0.2, 0.25) is 11.8 Å². The molecule has 4 heteroatoms. The van der Waals surface area contributed by atoms with Gasteiger partial charge >= 0.3 is 0 Å². The number of nitrogens with zero attached hydrogens (tertiary/aromatic N) is 1. The van der Waals surface area contributed by atoms with Crippen molar-refractivity contribution in [3.05, 3.63) is 83.9 Å². The van der Waals surface area contributed by atoms with Crippen LogP contribution in [0.15, 0.2) is 72.8 Å². The molecule has 2 amide bonds. The normalized spacial score (nSPS) is 17.5. The Morgan fingerprint density at radius 3 is 2.53 bits per heavy atom. The Bertz CT molecular complexity index is 1030. The zero-order valence-corrected chi connectivity index (χ0v) is 17.4. The molecule has 3 aromatic carbocycles. The van der Waals surface area contributed by atoms with Crippen LogP contribution in [0.1, 0.15) is 36.9 Å². The summed E-state index contributed by atoms with van der Waals surface area (Å²) in [5.74, 6) is -0.0180. The molecule has 1 heterocycles. The van der Waals surface area contributed by atoms with E-state index in [-0.39, 0.29) is 23.8 Å². The van der Waals surface area contributed by atoms with Gasteiger partial charge in [0.05, 0.1) is 18.4 Å². The first-order chi connectivity index (χ1) is 14.6. The molecule has 1 saturated heterocycles. The topological polar surface area (TPSA) is 49.4 Å². The number of likely N-dealkylation sites (tertiary alicyclic amines) is 1. The van der Waals surface area contributed by atoms with Crippen LogP contribution in [0.2, 0.25) is 0 Å². The molecule has 0 saturated carbocycles. The van der Waals surface area contributed by atoms with Crippen molar-refractivity contribution >= 4 is 22.6 Å². The van der Waals surface area contributed by atoms with E-state index in [9.17, 15) is 9.59 Å². The molecule has 4 nitrogen and oxygen atoms in total. The molecule has 2 unspecified atom stereocenters. The van der Waals surface area contributed by atoms with Crippen LogP contribution in [0.5, 0.6) is 0 Å². The summed E-state index contributed by atoms with van der Waals surface area (Å²) in [6.45, 7) is 3.25. The van der Waals surface area contributed by atoms with Crippen molar-refractivity contribution in [2.45, 2.75) is 32.2 Å². The third kappa shape index (κ3) is 4.70. The minimum absolute atomic E-state index is 0.0351. The first kappa shape index (κ1) is 20.1. The highest BCUT2D eigenvalue weighted by molar-refractivity contribution is 5.84. The van der Waals surface area contributed by atoms with Crippen LogP contribution in [0.4, 0.5) is 0 Å². The van der Waals surface area contributed by atoms with Crippen molar-refractivity contribution in [1.82, 2.24) is 10.2 Å². The first-order valence-corrected chi connectivity index (χ1v) is 10.7. The predicted molar refractivity (Wildman–Crippen MR) is 120 cm³/mol. The van der Waals surface area contributed by atoms with Crippen molar-refractivity contribution < 1.29 is 9.59 Å². The minimum Gasteiger partial charge on any atom is -0.349 e. The molecule has 154 valence electrons. The number of carbonyl (C=O) groups is 2. The van der Waals surface area contributed by atoms with Gasteiger partial charge in [-0.15, -0.1) is 0 Å². The van der Waals surface area contributed by atoms with Gasteiger partial charge in [-0.05, 0) is 47.7 Å². The van der Waals surface area contributed by atoms with Crippen LogP contribution >= 0.6 is 0 Å². The molecule has 3 aromatic rings. The van der Waals surface area contributed by atoms with Crippen molar-refractivity contribution in [2.24, 2.45) is 5.92 Å². The van der Waals surface area contributed by atoms with Crippen LogP contribution in [0.25, 0.3) is 10.8 Å². The van der Waals surface area contributed by atoms with Gasteiger partial charge in [0, 0.05) is 13.1 Å². The number of carbonyl (C=O) groups excluding carboxylic acids is 2. The molecule has 1 aliphatic rings. The maximum atomic E-state index is 12.9. The monoisotopic (exact) mass is 400 g/mol. The summed E-state index contributed by atoms with van der Waals surface area (Å²) in [6.07, 6.45) is 2.08. The maximum absolute atomic E-state index is 12.9. The average Bonchev–Trinajstić information content (AvgIpc) is 2.79. The summed E-state index contributed by atoms with van der Waals surface area (Å²) < 4.78 is 0. The fourth-order valence-electron chi connectivity index (χ4n) is 4.19. The Morgan fingerprint density at radius 1 is 1.00 bits per heavy atom. The molecule has 0 aliphatic carbocycles. The minimum atomic E-state index is -0.152. The number of amides is 2. The second-order valence-electron chi connectivity index (χ2n) is 8.18. The van der Waals surface area contributed by atoms with Crippen LogP contribution in [0.3, 0.4) is 0 Å². The van der Waals surface area contributed by atoms with Crippen molar-refractivity contribution in [3.8, 4) is 0 Å². The predicted octanol–water partition coefficient (Wildman–Crippen LogP) is 4.50. The summed E-state index contributed by atoms with van der Waals surface area (Å²) in [7, 11) is 0. The standard InChI is InChI=1S/C26H28N2O2/c1-19(22-14-13-21-10-5-6-11-23(21)17-22)27-26(30)24-12-7-15-28(18-24)25(29)16-20-8-3-2-4-9-20/h2-6,8-11,13-14,17,19,24H,7,12,15-16,18H2,1H3,(H,27,30). The molecule has 30 heavy (non-hydrogen) atoms. The molecule has 2 atom stereocenters. The number of nitrogens with one attached hydrogen (secondary N) is 1. The molecule has 1 fully saturated rings. The van der Waals surface area contributed by atoms with Crippen LogP contribution in [0, 0.1) is 5.92 Å². The molecular weight excluding hydrogens is 372 g/mol. The molecule has 0 aromatic heterocycles. The SMILES string of the molecule is CC(NC(=O)C1CCCN(C(=O)Cc2ccccc2)C1)c1ccc2ccccc2c1. The highest BCUT2D eigenvalue weighted by Gasteiger charge is 2.29. The summed E-state index contributed by atoms with van der Waals surface area (Å²) in [5, 5.41) is 5.53. The molecule has 0 bridgehead atoms. The Kier molecular flexibility index (Phi) is 6.12. The molecule has 0 radical (unpaired) electrons. The molecule has 0 spiro atoms. The summed E-state index contributed by atoms with van der Waals surface area (Å²) in [4.78, 5) is 27.5. The number of hydrogen-bond acceptors (Lipinski definition) is 2. The van der Waals surface area contributed by atoms with E-state index in [1.54, 1.807) is 0 Å². The Morgan fingerprint density at radius 2 is 1.73 bits per heavy atom. The second kappa shape index (κ2) is 9.12. The van der Waals surface area contributed by atoms with Crippen molar-refractivity contribution in [1.29, 1.82) is 0 Å². The van der Waals surface area contributed by atoms with E-state index < -0.39 is 0 Å². The van der Waals surface area contributed by atoms with Gasteiger partial charge in [0.25, 0.3) is 0 Å². The van der Waals surface area contributed by atoms with E-state index in [2.05, 4.69) is 35.6 Å². The number of piperidine rings is 1. The second-order valence-corrected chi connectivity index (χ2v) is 8.18. The first-order valence-electron chi connectivity index (χ1n) is 10.7. The average molecular weight is 401 g/mol. The Balaban J connectivity index is 1.37. The maximum Gasteiger partial charge on any atom is 0.227 e. The smallest absolute Gasteiger partial charge is 0.227 e.